The van der Waals surface area contributed by atoms with Gasteiger partial charge in [-0.1, -0.05) is 145 Å². The van der Waals surface area contributed by atoms with E-state index in [1.807, 2.05) is 44.2 Å². The second-order valence-corrected chi connectivity index (χ2v) is 27.9. The first-order valence-electron chi connectivity index (χ1n) is 32.9. The van der Waals surface area contributed by atoms with Crippen LogP contribution in [0.4, 0.5) is 0 Å². The van der Waals surface area contributed by atoms with E-state index in [-0.39, 0.29) is 33.0 Å². The van der Waals surface area contributed by atoms with Gasteiger partial charge in [-0.05, 0) is 76.9 Å². The molecule has 1 aromatic rings. The van der Waals surface area contributed by atoms with Gasteiger partial charge >= 0.3 is 0 Å². The van der Waals surface area contributed by atoms with Crippen molar-refractivity contribution in [3.05, 3.63) is 35.9 Å². The Morgan fingerprint density at radius 3 is 1.84 bits per heavy atom. The van der Waals surface area contributed by atoms with E-state index in [2.05, 4.69) is 69.2 Å². The van der Waals surface area contributed by atoms with Gasteiger partial charge in [0, 0.05) is 51.8 Å². The molecule has 4 fully saturated rings. The quantitative estimate of drug-likeness (QED) is 0.0370. The summed E-state index contributed by atoms with van der Waals surface area (Å²) in [5.74, 6) is -1.44. The monoisotopic (exact) mass is 1200 g/mol. The molecule has 0 saturated carbocycles. The maximum Gasteiger partial charge on any atom is 0.229 e. The van der Waals surface area contributed by atoms with E-state index < -0.39 is 106 Å². The standard InChI is InChI=1S/C64H116O18Si/c1-13-23-35-66-42-53(55(71-39-27-17-5)52(70-38-26-16-4)44-75-83(20-8,21-9)22-10)77-49(12)78-57-54(48(11)76-60(65)58(57)72-40-28-18-6)79-62-59(73-41-29-19-7)56(51(43-74-62)69-37-25-15-3)80-64-47-68-46-63(64,45-67-36-24-14-2)81-61(82-64)50-33-31-30-32-34-50/h30-34,48-49,51-62,65H,13-29,35-47H2,1-12H3/t48?,49-,51+,52-,53?,54-,55-,56+,57+,58?,59?,60?,61+,62-,63-,64?/m0/s1. The lowest BCUT2D eigenvalue weighted by atomic mass is 9.95. The predicted octanol–water partition coefficient (Wildman–Crippen LogP) is 11.8. The smallest absolute Gasteiger partial charge is 0.229 e. The predicted molar refractivity (Wildman–Crippen MR) is 321 cm³/mol. The van der Waals surface area contributed by atoms with Crippen molar-refractivity contribution in [1.82, 2.24) is 0 Å². The molecule has 4 aliphatic rings. The molecule has 16 atom stereocenters. The lowest BCUT2D eigenvalue weighted by molar-refractivity contribution is -0.379. The highest BCUT2D eigenvalue weighted by Crippen LogP contribution is 2.52. The van der Waals surface area contributed by atoms with Crippen molar-refractivity contribution in [1.29, 1.82) is 0 Å². The third-order valence-electron chi connectivity index (χ3n) is 16.7. The minimum atomic E-state index is -2.03. The zero-order valence-corrected chi connectivity index (χ0v) is 54.6. The number of rotatable bonds is 47. The van der Waals surface area contributed by atoms with Crippen molar-refractivity contribution in [3.8, 4) is 0 Å². The first kappa shape index (κ1) is 72.5. The summed E-state index contributed by atoms with van der Waals surface area (Å²) in [5, 5.41) is 11.9. The Morgan fingerprint density at radius 1 is 0.614 bits per heavy atom. The second kappa shape index (κ2) is 39.7. The molecule has 19 heteroatoms. The van der Waals surface area contributed by atoms with Gasteiger partial charge in [0.1, 0.15) is 61.5 Å². The highest BCUT2D eigenvalue weighted by molar-refractivity contribution is 6.73. The van der Waals surface area contributed by atoms with Crippen LogP contribution in [0.1, 0.15) is 185 Å². The summed E-state index contributed by atoms with van der Waals surface area (Å²) in [6.07, 6.45) is 0.901. The summed E-state index contributed by atoms with van der Waals surface area (Å²) in [6, 6.07) is 12.9. The summed E-state index contributed by atoms with van der Waals surface area (Å²) < 4.78 is 116. The zero-order chi connectivity index (χ0) is 59.9. The van der Waals surface area contributed by atoms with Gasteiger partial charge in [-0.15, -0.1) is 0 Å². The van der Waals surface area contributed by atoms with Crippen molar-refractivity contribution in [2.45, 2.75) is 289 Å². The number of fused-ring (bicyclic) bond motifs is 1. The molecule has 0 amide bonds. The third-order valence-corrected chi connectivity index (χ3v) is 21.3. The Labute approximate surface area is 502 Å². The van der Waals surface area contributed by atoms with Crippen LogP contribution in [0, 0.1) is 0 Å². The third kappa shape index (κ3) is 21.4. The number of aliphatic hydroxyl groups is 1. The van der Waals surface area contributed by atoms with Gasteiger partial charge in [0.25, 0.3) is 0 Å². The van der Waals surface area contributed by atoms with E-state index in [1.54, 1.807) is 0 Å². The fraction of sp³-hybridized carbons (Fsp3) is 0.906. The average molecular weight is 1200 g/mol. The molecule has 1 N–H and O–H groups in total. The van der Waals surface area contributed by atoms with Crippen molar-refractivity contribution in [2.75, 3.05) is 85.9 Å². The van der Waals surface area contributed by atoms with Crippen LogP contribution in [-0.2, 0) is 80.2 Å². The van der Waals surface area contributed by atoms with Gasteiger partial charge in [-0.25, -0.2) is 0 Å². The van der Waals surface area contributed by atoms with Crippen LogP contribution in [0.5, 0.6) is 0 Å². The molecule has 0 aliphatic carbocycles. The second-order valence-electron chi connectivity index (χ2n) is 23.2. The topological polar surface area (TPSA) is 177 Å². The lowest BCUT2D eigenvalue weighted by Crippen LogP contribution is -2.66. The molecule has 0 spiro atoms. The van der Waals surface area contributed by atoms with Gasteiger partial charge in [0.05, 0.1) is 39.1 Å². The lowest BCUT2D eigenvalue weighted by Gasteiger charge is -2.49. The van der Waals surface area contributed by atoms with Crippen molar-refractivity contribution >= 4 is 8.32 Å². The number of unbranched alkanes of at least 4 members (excludes halogenated alkanes) is 7. The summed E-state index contributed by atoms with van der Waals surface area (Å²) in [4.78, 5) is 0. The summed E-state index contributed by atoms with van der Waals surface area (Å²) in [5.41, 5.74) is -0.295. The first-order chi connectivity index (χ1) is 40.4. The van der Waals surface area contributed by atoms with E-state index in [9.17, 15) is 5.11 Å². The van der Waals surface area contributed by atoms with Crippen molar-refractivity contribution in [2.24, 2.45) is 0 Å². The van der Waals surface area contributed by atoms with Crippen LogP contribution in [0.3, 0.4) is 0 Å². The molecule has 6 unspecified atom stereocenters. The SMILES string of the molecule is CCCCOCC(O[C@H](C)O[C@H]1C(OCCCC)C(O)OC(C)[C@@H]1O[C@@H]1OC[C@@H](OCCCC)[C@@H](OC23COC[C@]2(COCCCC)O[C@@H](c2ccccc2)O3)C1OCCCC)[C@@H](OCCCC)[C@H](CO[Si](CC)(CC)CC)OCCCC. The molecule has 4 aliphatic heterocycles. The molecule has 4 saturated heterocycles. The maximum absolute atomic E-state index is 11.9. The van der Waals surface area contributed by atoms with E-state index >= 15 is 0 Å². The summed E-state index contributed by atoms with van der Waals surface area (Å²) in [7, 11) is -2.03. The molecule has 484 valence electrons. The molecule has 5 rings (SSSR count). The van der Waals surface area contributed by atoms with E-state index in [0.717, 1.165) is 114 Å². The largest absolute Gasteiger partial charge is 0.414 e. The van der Waals surface area contributed by atoms with Crippen molar-refractivity contribution in [3.63, 3.8) is 0 Å². The molecule has 4 heterocycles. The highest BCUT2D eigenvalue weighted by atomic mass is 28.4. The molecular formula is C64H116O18Si. The number of ether oxygens (including phenoxy) is 16. The van der Waals surface area contributed by atoms with Crippen LogP contribution in [-0.4, -0.2) is 191 Å². The Hall–Kier alpha value is -1.28. The number of hydrogen-bond acceptors (Lipinski definition) is 18. The van der Waals surface area contributed by atoms with Crippen LogP contribution in [0.25, 0.3) is 0 Å². The molecule has 0 radical (unpaired) electrons. The van der Waals surface area contributed by atoms with Gasteiger partial charge in [0.15, 0.2) is 39.1 Å². The van der Waals surface area contributed by atoms with Crippen LogP contribution < -0.4 is 0 Å². The molecule has 83 heavy (non-hydrogen) atoms. The van der Waals surface area contributed by atoms with Crippen LogP contribution in [0.15, 0.2) is 30.3 Å². The Kier molecular flexibility index (Phi) is 34.6. The fourth-order valence-electron chi connectivity index (χ4n) is 11.1. The molecule has 0 aromatic heterocycles. The fourth-order valence-corrected chi connectivity index (χ4v) is 13.7. The minimum absolute atomic E-state index is 0.0716. The van der Waals surface area contributed by atoms with Crippen LogP contribution >= 0.6 is 0 Å². The van der Waals surface area contributed by atoms with Crippen LogP contribution in [0.2, 0.25) is 18.1 Å². The van der Waals surface area contributed by atoms with E-state index in [1.165, 1.54) is 0 Å². The molecular weight excluding hydrogens is 1080 g/mol. The van der Waals surface area contributed by atoms with Gasteiger partial charge in [-0.2, -0.15) is 0 Å². The highest BCUT2D eigenvalue weighted by Gasteiger charge is 2.69. The Morgan fingerprint density at radius 2 is 1.20 bits per heavy atom. The Balaban J connectivity index is 1.54. The molecule has 1 aromatic carbocycles. The average Bonchev–Trinajstić information content (AvgIpc) is 3.54. The number of aliphatic hydroxyl groups excluding tert-OH is 1. The number of hydrogen-bond donors (Lipinski definition) is 1. The zero-order valence-electron chi connectivity index (χ0n) is 53.6. The molecule has 18 nitrogen and oxygen atoms in total. The van der Waals surface area contributed by atoms with Crippen molar-refractivity contribution < 1.29 is 85.3 Å². The Bertz CT molecular complexity index is 1780. The van der Waals surface area contributed by atoms with Gasteiger partial charge < -0.3 is 85.3 Å². The summed E-state index contributed by atoms with van der Waals surface area (Å²) in [6.45, 7) is 29.9. The first-order valence-corrected chi connectivity index (χ1v) is 35.4. The number of benzene rings is 1. The van der Waals surface area contributed by atoms with E-state index in [0.29, 0.717) is 52.9 Å². The normalized spacial score (nSPS) is 29.9. The summed E-state index contributed by atoms with van der Waals surface area (Å²) >= 11 is 0. The van der Waals surface area contributed by atoms with Gasteiger partial charge in [0.2, 0.25) is 5.79 Å². The minimum Gasteiger partial charge on any atom is -0.414 e. The molecule has 0 bridgehead atoms. The van der Waals surface area contributed by atoms with Gasteiger partial charge in [-0.3, -0.25) is 0 Å². The maximum atomic E-state index is 11.9. The van der Waals surface area contributed by atoms with E-state index in [4.69, 9.17) is 80.2 Å².